The summed E-state index contributed by atoms with van der Waals surface area (Å²) in [6.07, 6.45) is 8.51. The van der Waals surface area contributed by atoms with E-state index in [4.69, 9.17) is 0 Å². The van der Waals surface area contributed by atoms with Gasteiger partial charge >= 0.3 is 0 Å². The van der Waals surface area contributed by atoms with Crippen LogP contribution in [-0.2, 0) is 4.79 Å². The molecule has 1 spiro atoms. The number of rotatable bonds is 3. The SMILES string of the molecule is CC1=C(c2cnc(NC(=O)C(C)C)cn2)CC2(CC2)C1. The van der Waals surface area contributed by atoms with Crippen LogP contribution in [0.2, 0.25) is 0 Å². The molecule has 1 fully saturated rings. The molecule has 4 heteroatoms. The second kappa shape index (κ2) is 4.69. The molecule has 2 aliphatic rings. The monoisotopic (exact) mass is 271 g/mol. The van der Waals surface area contributed by atoms with Crippen molar-refractivity contribution < 1.29 is 4.79 Å². The molecule has 0 radical (unpaired) electrons. The van der Waals surface area contributed by atoms with Crippen LogP contribution in [0.15, 0.2) is 18.0 Å². The molecule has 2 aliphatic carbocycles. The highest BCUT2D eigenvalue weighted by Crippen LogP contribution is 2.61. The van der Waals surface area contributed by atoms with E-state index in [9.17, 15) is 4.79 Å². The van der Waals surface area contributed by atoms with Gasteiger partial charge in [-0.05, 0) is 43.6 Å². The summed E-state index contributed by atoms with van der Waals surface area (Å²) in [7, 11) is 0. The molecular formula is C16H21N3O. The van der Waals surface area contributed by atoms with Crippen LogP contribution in [-0.4, -0.2) is 15.9 Å². The second-order valence-electron chi connectivity index (χ2n) is 6.54. The van der Waals surface area contributed by atoms with Crippen LogP contribution in [0.4, 0.5) is 5.82 Å². The fourth-order valence-electron chi connectivity index (χ4n) is 2.92. The lowest BCUT2D eigenvalue weighted by Crippen LogP contribution is -2.18. The fraction of sp³-hybridized carbons (Fsp3) is 0.562. The van der Waals surface area contributed by atoms with Crippen LogP contribution in [0, 0.1) is 11.3 Å². The maximum absolute atomic E-state index is 11.6. The second-order valence-corrected chi connectivity index (χ2v) is 6.54. The molecule has 0 aromatic carbocycles. The van der Waals surface area contributed by atoms with Gasteiger partial charge in [0, 0.05) is 5.92 Å². The molecule has 1 saturated carbocycles. The molecule has 1 aromatic rings. The average Bonchev–Trinajstić information content (AvgIpc) is 3.07. The summed E-state index contributed by atoms with van der Waals surface area (Å²) in [4.78, 5) is 20.4. The Balaban J connectivity index is 1.73. The fourth-order valence-corrected chi connectivity index (χ4v) is 2.92. The third-order valence-electron chi connectivity index (χ3n) is 4.40. The van der Waals surface area contributed by atoms with Gasteiger partial charge in [-0.3, -0.25) is 9.78 Å². The Morgan fingerprint density at radius 1 is 1.25 bits per heavy atom. The predicted octanol–water partition coefficient (Wildman–Crippen LogP) is 3.42. The third kappa shape index (κ3) is 2.47. The summed E-state index contributed by atoms with van der Waals surface area (Å²) < 4.78 is 0. The minimum Gasteiger partial charge on any atom is -0.309 e. The molecule has 0 saturated heterocycles. The first-order chi connectivity index (χ1) is 9.49. The summed E-state index contributed by atoms with van der Waals surface area (Å²) in [6, 6.07) is 0. The zero-order valence-electron chi connectivity index (χ0n) is 12.4. The zero-order chi connectivity index (χ0) is 14.3. The highest BCUT2D eigenvalue weighted by atomic mass is 16.1. The van der Waals surface area contributed by atoms with E-state index in [1.165, 1.54) is 30.4 Å². The van der Waals surface area contributed by atoms with E-state index < -0.39 is 0 Å². The number of nitrogens with one attached hydrogen (secondary N) is 1. The molecule has 1 aromatic heterocycles. The van der Waals surface area contributed by atoms with Gasteiger partial charge < -0.3 is 5.32 Å². The summed E-state index contributed by atoms with van der Waals surface area (Å²) in [5.41, 5.74) is 4.34. The molecule has 1 N–H and O–H groups in total. The van der Waals surface area contributed by atoms with Gasteiger partial charge in [0.15, 0.2) is 5.82 Å². The molecular weight excluding hydrogens is 250 g/mol. The van der Waals surface area contributed by atoms with Crippen LogP contribution >= 0.6 is 0 Å². The van der Waals surface area contributed by atoms with Gasteiger partial charge in [-0.15, -0.1) is 0 Å². The lowest BCUT2D eigenvalue weighted by Gasteiger charge is -2.08. The van der Waals surface area contributed by atoms with Gasteiger partial charge in [0.2, 0.25) is 5.91 Å². The Labute approximate surface area is 119 Å². The maximum Gasteiger partial charge on any atom is 0.228 e. The van der Waals surface area contributed by atoms with Crippen molar-refractivity contribution in [2.45, 2.75) is 46.5 Å². The Bertz CT molecular complexity index is 568. The Hall–Kier alpha value is -1.71. The number of hydrogen-bond donors (Lipinski definition) is 1. The van der Waals surface area contributed by atoms with Crippen molar-refractivity contribution in [3.05, 3.63) is 23.7 Å². The van der Waals surface area contributed by atoms with E-state index in [0.29, 0.717) is 11.2 Å². The topological polar surface area (TPSA) is 54.9 Å². The van der Waals surface area contributed by atoms with E-state index in [0.717, 1.165) is 12.1 Å². The summed E-state index contributed by atoms with van der Waals surface area (Å²) in [6.45, 7) is 5.93. The van der Waals surface area contributed by atoms with Gasteiger partial charge in [-0.1, -0.05) is 19.4 Å². The molecule has 1 amide bonds. The van der Waals surface area contributed by atoms with Crippen LogP contribution in [0.1, 0.15) is 52.1 Å². The summed E-state index contributed by atoms with van der Waals surface area (Å²) in [5, 5.41) is 2.77. The van der Waals surface area contributed by atoms with Gasteiger partial charge in [-0.25, -0.2) is 4.98 Å². The molecule has 20 heavy (non-hydrogen) atoms. The molecule has 0 bridgehead atoms. The first kappa shape index (κ1) is 13.3. The van der Waals surface area contributed by atoms with Crippen molar-refractivity contribution in [1.29, 1.82) is 0 Å². The number of aromatic nitrogens is 2. The predicted molar refractivity (Wildman–Crippen MR) is 79.0 cm³/mol. The molecule has 0 unspecified atom stereocenters. The first-order valence-corrected chi connectivity index (χ1v) is 7.31. The van der Waals surface area contributed by atoms with Gasteiger partial charge in [0.1, 0.15) is 0 Å². The smallest absolute Gasteiger partial charge is 0.228 e. The molecule has 1 heterocycles. The van der Waals surface area contributed by atoms with Crippen molar-refractivity contribution >= 4 is 17.3 Å². The van der Waals surface area contributed by atoms with Crippen molar-refractivity contribution in [3.63, 3.8) is 0 Å². The minimum atomic E-state index is -0.0500. The normalized spacial score (nSPS) is 19.8. The average molecular weight is 271 g/mol. The molecule has 106 valence electrons. The van der Waals surface area contributed by atoms with Crippen LogP contribution in [0.5, 0.6) is 0 Å². The lowest BCUT2D eigenvalue weighted by molar-refractivity contribution is -0.118. The largest absolute Gasteiger partial charge is 0.309 e. The van der Waals surface area contributed by atoms with Crippen LogP contribution < -0.4 is 5.32 Å². The van der Waals surface area contributed by atoms with Gasteiger partial charge in [-0.2, -0.15) is 0 Å². The third-order valence-corrected chi connectivity index (χ3v) is 4.40. The molecule has 0 aliphatic heterocycles. The van der Waals surface area contributed by atoms with E-state index >= 15 is 0 Å². The van der Waals surface area contributed by atoms with E-state index in [-0.39, 0.29) is 11.8 Å². The lowest BCUT2D eigenvalue weighted by atomic mass is 10.0. The number of allylic oxidation sites excluding steroid dienone is 2. The van der Waals surface area contributed by atoms with Crippen LogP contribution in [0.3, 0.4) is 0 Å². The zero-order valence-corrected chi connectivity index (χ0v) is 12.4. The van der Waals surface area contributed by atoms with E-state index in [1.807, 2.05) is 13.8 Å². The highest BCUT2D eigenvalue weighted by Gasteiger charge is 2.47. The molecule has 0 atom stereocenters. The summed E-state index contributed by atoms with van der Waals surface area (Å²) in [5.74, 6) is 0.455. The maximum atomic E-state index is 11.6. The number of carbonyl (C=O) groups excluding carboxylic acids is 1. The first-order valence-electron chi connectivity index (χ1n) is 7.31. The van der Waals surface area contributed by atoms with E-state index in [1.54, 1.807) is 12.4 Å². The summed E-state index contributed by atoms with van der Waals surface area (Å²) >= 11 is 0. The van der Waals surface area contributed by atoms with Gasteiger partial charge in [0.05, 0.1) is 18.1 Å². The minimum absolute atomic E-state index is 0.0276. The molecule has 4 nitrogen and oxygen atoms in total. The van der Waals surface area contributed by atoms with Crippen molar-refractivity contribution in [2.24, 2.45) is 11.3 Å². The van der Waals surface area contributed by atoms with Crippen molar-refractivity contribution in [3.8, 4) is 0 Å². The number of hydrogen-bond acceptors (Lipinski definition) is 3. The number of amides is 1. The van der Waals surface area contributed by atoms with Crippen molar-refractivity contribution in [2.75, 3.05) is 5.32 Å². The van der Waals surface area contributed by atoms with Crippen molar-refractivity contribution in [1.82, 2.24) is 9.97 Å². The van der Waals surface area contributed by atoms with E-state index in [2.05, 4.69) is 22.2 Å². The number of nitrogens with zero attached hydrogens (tertiary/aromatic N) is 2. The Morgan fingerprint density at radius 3 is 2.50 bits per heavy atom. The Morgan fingerprint density at radius 2 is 2.00 bits per heavy atom. The quantitative estimate of drug-likeness (QED) is 0.916. The number of carbonyl (C=O) groups is 1. The Kier molecular flexibility index (Phi) is 3.11. The number of anilines is 1. The highest BCUT2D eigenvalue weighted by molar-refractivity contribution is 5.91. The standard InChI is InChI=1S/C16H21N3O/c1-10(2)15(20)19-14-9-17-13(8-18-14)12-7-16(4-5-16)6-11(12)3/h8-10H,4-7H2,1-3H3,(H,18,19,20). The van der Waals surface area contributed by atoms with Gasteiger partial charge in [0.25, 0.3) is 0 Å². The van der Waals surface area contributed by atoms with Crippen LogP contribution in [0.25, 0.3) is 5.57 Å². The molecule has 3 rings (SSSR count).